The van der Waals surface area contributed by atoms with Gasteiger partial charge in [0.25, 0.3) is 0 Å². The number of aliphatic hydroxyl groups is 2. The Morgan fingerprint density at radius 1 is 1.35 bits per heavy atom. The zero-order valence-electron chi connectivity index (χ0n) is 9.87. The van der Waals surface area contributed by atoms with E-state index in [1.165, 1.54) is 25.1 Å². The summed E-state index contributed by atoms with van der Waals surface area (Å²) in [5.74, 6) is -1.26. The van der Waals surface area contributed by atoms with Gasteiger partial charge in [0.15, 0.2) is 0 Å². The SMILES string of the molecule is CC(NCC(C)(O)CO)c1c(F)cccc1F. The molecule has 1 aromatic rings. The highest BCUT2D eigenvalue weighted by atomic mass is 19.1. The van der Waals surface area contributed by atoms with Crippen molar-refractivity contribution in [3.63, 3.8) is 0 Å². The molecule has 3 N–H and O–H groups in total. The maximum Gasteiger partial charge on any atom is 0.130 e. The summed E-state index contributed by atoms with van der Waals surface area (Å²) >= 11 is 0. The molecule has 0 aliphatic heterocycles. The topological polar surface area (TPSA) is 52.5 Å². The molecule has 5 heteroatoms. The summed E-state index contributed by atoms with van der Waals surface area (Å²) in [5, 5.41) is 21.2. The monoisotopic (exact) mass is 245 g/mol. The van der Waals surface area contributed by atoms with E-state index in [9.17, 15) is 13.9 Å². The Kier molecular flexibility index (Phi) is 4.56. The summed E-state index contributed by atoms with van der Waals surface area (Å²) in [6.45, 7) is 2.64. The summed E-state index contributed by atoms with van der Waals surface area (Å²) in [7, 11) is 0. The third-order valence-electron chi connectivity index (χ3n) is 2.56. The van der Waals surface area contributed by atoms with Gasteiger partial charge in [-0.2, -0.15) is 0 Å². The van der Waals surface area contributed by atoms with Crippen LogP contribution >= 0.6 is 0 Å². The first-order valence-corrected chi connectivity index (χ1v) is 5.38. The molecule has 1 rings (SSSR count). The fourth-order valence-corrected chi connectivity index (χ4v) is 1.46. The predicted molar refractivity (Wildman–Crippen MR) is 60.5 cm³/mol. The Labute approximate surface area is 99.1 Å². The van der Waals surface area contributed by atoms with Crippen LogP contribution in [0.5, 0.6) is 0 Å². The molecule has 2 atom stereocenters. The largest absolute Gasteiger partial charge is 0.393 e. The van der Waals surface area contributed by atoms with Crippen LogP contribution in [-0.4, -0.2) is 29.0 Å². The summed E-state index contributed by atoms with van der Waals surface area (Å²) in [6, 6.07) is 3.07. The van der Waals surface area contributed by atoms with Crippen molar-refractivity contribution >= 4 is 0 Å². The van der Waals surface area contributed by atoms with E-state index in [4.69, 9.17) is 5.11 Å². The maximum atomic E-state index is 13.4. The molecule has 0 spiro atoms. The lowest BCUT2D eigenvalue weighted by Crippen LogP contribution is -2.42. The average Bonchev–Trinajstić information content (AvgIpc) is 2.26. The molecule has 0 radical (unpaired) electrons. The van der Waals surface area contributed by atoms with Crippen molar-refractivity contribution in [2.24, 2.45) is 0 Å². The molecule has 0 heterocycles. The van der Waals surface area contributed by atoms with Gasteiger partial charge in [-0.15, -0.1) is 0 Å². The van der Waals surface area contributed by atoms with E-state index < -0.39 is 29.9 Å². The van der Waals surface area contributed by atoms with Gasteiger partial charge in [-0.1, -0.05) is 6.07 Å². The second kappa shape index (κ2) is 5.53. The maximum absolute atomic E-state index is 13.4. The Bertz CT molecular complexity index is 363. The fraction of sp³-hybridized carbons (Fsp3) is 0.500. The number of rotatable bonds is 5. The number of nitrogens with one attached hydrogen (secondary N) is 1. The van der Waals surface area contributed by atoms with Gasteiger partial charge in [0.05, 0.1) is 12.2 Å². The van der Waals surface area contributed by atoms with Gasteiger partial charge in [-0.3, -0.25) is 0 Å². The van der Waals surface area contributed by atoms with Crippen LogP contribution in [0.25, 0.3) is 0 Å². The van der Waals surface area contributed by atoms with Crippen LogP contribution in [0.4, 0.5) is 8.78 Å². The van der Waals surface area contributed by atoms with Crippen molar-refractivity contribution in [1.29, 1.82) is 0 Å². The lowest BCUT2D eigenvalue weighted by Gasteiger charge is -2.24. The normalized spacial score (nSPS) is 16.6. The molecule has 2 unspecified atom stereocenters. The zero-order chi connectivity index (χ0) is 13.1. The van der Waals surface area contributed by atoms with Gasteiger partial charge in [-0.05, 0) is 26.0 Å². The molecule has 3 nitrogen and oxygen atoms in total. The van der Waals surface area contributed by atoms with Crippen LogP contribution in [0.15, 0.2) is 18.2 Å². The highest BCUT2D eigenvalue weighted by molar-refractivity contribution is 5.22. The third-order valence-corrected chi connectivity index (χ3v) is 2.56. The minimum atomic E-state index is -1.31. The number of aliphatic hydroxyl groups excluding tert-OH is 1. The zero-order valence-corrected chi connectivity index (χ0v) is 9.87. The van der Waals surface area contributed by atoms with Crippen molar-refractivity contribution < 1.29 is 19.0 Å². The summed E-state index contributed by atoms with van der Waals surface area (Å²) in [5.41, 5.74) is -1.38. The Morgan fingerprint density at radius 3 is 2.35 bits per heavy atom. The predicted octanol–water partition coefficient (Wildman–Crippen LogP) is 1.36. The van der Waals surface area contributed by atoms with Gasteiger partial charge in [0.1, 0.15) is 11.6 Å². The van der Waals surface area contributed by atoms with Gasteiger partial charge < -0.3 is 15.5 Å². The van der Waals surface area contributed by atoms with E-state index in [1.807, 2.05) is 0 Å². The average molecular weight is 245 g/mol. The van der Waals surface area contributed by atoms with Crippen LogP contribution in [-0.2, 0) is 0 Å². The number of hydrogen-bond donors (Lipinski definition) is 3. The minimum Gasteiger partial charge on any atom is -0.393 e. The van der Waals surface area contributed by atoms with Crippen molar-refractivity contribution in [1.82, 2.24) is 5.32 Å². The van der Waals surface area contributed by atoms with Crippen LogP contribution in [0.1, 0.15) is 25.5 Å². The molecular weight excluding hydrogens is 228 g/mol. The van der Waals surface area contributed by atoms with E-state index in [2.05, 4.69) is 5.32 Å². The van der Waals surface area contributed by atoms with Crippen LogP contribution in [0, 0.1) is 11.6 Å². The third kappa shape index (κ3) is 3.73. The molecule has 0 fully saturated rings. The molecule has 17 heavy (non-hydrogen) atoms. The smallest absolute Gasteiger partial charge is 0.130 e. The van der Waals surface area contributed by atoms with Gasteiger partial charge >= 0.3 is 0 Å². The van der Waals surface area contributed by atoms with Crippen LogP contribution in [0.3, 0.4) is 0 Å². The lowest BCUT2D eigenvalue weighted by molar-refractivity contribution is 0.000915. The Morgan fingerprint density at radius 2 is 1.88 bits per heavy atom. The molecule has 0 saturated heterocycles. The summed E-state index contributed by atoms with van der Waals surface area (Å²) in [4.78, 5) is 0. The summed E-state index contributed by atoms with van der Waals surface area (Å²) in [6.07, 6.45) is 0. The molecule has 96 valence electrons. The molecule has 0 aromatic heterocycles. The molecule has 0 bridgehead atoms. The molecular formula is C12H17F2NO2. The lowest BCUT2D eigenvalue weighted by atomic mass is 10.0. The van der Waals surface area contributed by atoms with Crippen LogP contribution in [0.2, 0.25) is 0 Å². The minimum absolute atomic E-state index is 0.0401. The second-order valence-corrected chi connectivity index (χ2v) is 4.39. The number of halogens is 2. The molecule has 1 aromatic carbocycles. The van der Waals surface area contributed by atoms with Gasteiger partial charge in [0, 0.05) is 18.2 Å². The highest BCUT2D eigenvalue weighted by Gasteiger charge is 2.22. The van der Waals surface area contributed by atoms with E-state index >= 15 is 0 Å². The fourth-order valence-electron chi connectivity index (χ4n) is 1.46. The number of hydrogen-bond acceptors (Lipinski definition) is 3. The van der Waals surface area contributed by atoms with Crippen LogP contribution < -0.4 is 5.32 Å². The quantitative estimate of drug-likeness (QED) is 0.734. The first kappa shape index (κ1) is 14.0. The Hall–Kier alpha value is -1.04. The van der Waals surface area contributed by atoms with Crippen molar-refractivity contribution in [3.05, 3.63) is 35.4 Å². The standard InChI is InChI=1S/C12H17F2NO2/c1-8(15-6-12(2,17)7-16)11-9(13)4-3-5-10(11)14/h3-5,8,15-17H,6-7H2,1-2H3. The van der Waals surface area contributed by atoms with E-state index in [1.54, 1.807) is 6.92 Å². The van der Waals surface area contributed by atoms with Crippen molar-refractivity contribution in [3.8, 4) is 0 Å². The van der Waals surface area contributed by atoms with Crippen molar-refractivity contribution in [2.45, 2.75) is 25.5 Å². The second-order valence-electron chi connectivity index (χ2n) is 4.39. The van der Waals surface area contributed by atoms with Gasteiger partial charge in [0.2, 0.25) is 0 Å². The Balaban J connectivity index is 2.74. The van der Waals surface area contributed by atoms with E-state index in [-0.39, 0.29) is 12.1 Å². The van der Waals surface area contributed by atoms with E-state index in [0.717, 1.165) is 0 Å². The van der Waals surface area contributed by atoms with E-state index in [0.29, 0.717) is 0 Å². The first-order valence-electron chi connectivity index (χ1n) is 5.38. The molecule has 0 aliphatic rings. The highest BCUT2D eigenvalue weighted by Crippen LogP contribution is 2.20. The molecule has 0 saturated carbocycles. The molecule has 0 amide bonds. The molecule has 0 aliphatic carbocycles. The summed E-state index contributed by atoms with van der Waals surface area (Å²) < 4.78 is 26.8. The van der Waals surface area contributed by atoms with Crippen molar-refractivity contribution in [2.75, 3.05) is 13.2 Å². The first-order chi connectivity index (χ1) is 7.87. The number of benzene rings is 1. The van der Waals surface area contributed by atoms with Gasteiger partial charge in [-0.25, -0.2) is 8.78 Å².